The number of aryl methyl sites for hydroxylation is 1. The number of Topliss-reactive ketones (excluding diaryl/α,β-unsaturated/α-hetero) is 1. The number of carbonyl (C=O) groups excluding carboxylic acids is 2. The van der Waals surface area contributed by atoms with Crippen LogP contribution in [0.3, 0.4) is 0 Å². The predicted molar refractivity (Wildman–Crippen MR) is 105 cm³/mol. The molecule has 0 N–H and O–H groups in total. The molecule has 1 amide bonds. The molecule has 0 aromatic heterocycles. The van der Waals surface area contributed by atoms with Crippen LogP contribution in [0.1, 0.15) is 22.3 Å². The van der Waals surface area contributed by atoms with Gasteiger partial charge in [-0.15, -0.1) is 0 Å². The first kappa shape index (κ1) is 20.0. The van der Waals surface area contributed by atoms with Crippen LogP contribution in [0.25, 0.3) is 0 Å². The van der Waals surface area contributed by atoms with Gasteiger partial charge in [0.1, 0.15) is 11.6 Å². The Morgan fingerprint density at radius 3 is 2.46 bits per heavy atom. The van der Waals surface area contributed by atoms with Crippen LogP contribution in [0, 0.1) is 12.7 Å². The molecule has 1 aliphatic rings. The van der Waals surface area contributed by atoms with Gasteiger partial charge in [0.15, 0.2) is 5.78 Å². The standard InChI is InChI=1S/C22H25FN2O3/c1-17-7-8-20(23)19(15-17)21(26)16-24-10-12-25(13-11-24)22(27)9-14-28-18-5-3-2-4-6-18/h2-8,15H,9-14,16H2,1H3. The second kappa shape index (κ2) is 9.46. The number of ether oxygens (including phenoxy) is 1. The molecule has 1 fully saturated rings. The van der Waals surface area contributed by atoms with Gasteiger partial charge in [0.25, 0.3) is 0 Å². The van der Waals surface area contributed by atoms with Crippen molar-refractivity contribution in [2.45, 2.75) is 13.3 Å². The Labute approximate surface area is 164 Å². The van der Waals surface area contributed by atoms with Crippen molar-refractivity contribution >= 4 is 11.7 Å². The molecule has 1 aliphatic heterocycles. The quantitative estimate of drug-likeness (QED) is 0.689. The highest BCUT2D eigenvalue weighted by atomic mass is 19.1. The Morgan fingerprint density at radius 1 is 1.04 bits per heavy atom. The van der Waals surface area contributed by atoms with E-state index in [0.29, 0.717) is 39.2 Å². The first-order chi connectivity index (χ1) is 13.5. The molecule has 1 heterocycles. The lowest BCUT2D eigenvalue weighted by atomic mass is 10.1. The average Bonchev–Trinajstić information content (AvgIpc) is 2.71. The number of rotatable bonds is 7. The summed E-state index contributed by atoms with van der Waals surface area (Å²) in [5, 5.41) is 0. The van der Waals surface area contributed by atoms with Crippen LogP contribution < -0.4 is 4.74 Å². The lowest BCUT2D eigenvalue weighted by Gasteiger charge is -2.34. The summed E-state index contributed by atoms with van der Waals surface area (Å²) in [6.45, 7) is 4.67. The van der Waals surface area contributed by atoms with E-state index < -0.39 is 5.82 Å². The molecule has 148 valence electrons. The molecule has 5 nitrogen and oxygen atoms in total. The Bertz CT molecular complexity index is 818. The van der Waals surface area contributed by atoms with Crippen LogP contribution in [0.5, 0.6) is 5.75 Å². The Balaban J connectivity index is 1.42. The van der Waals surface area contributed by atoms with Crippen molar-refractivity contribution in [2.75, 3.05) is 39.3 Å². The van der Waals surface area contributed by atoms with Crippen molar-refractivity contribution in [3.05, 3.63) is 65.5 Å². The summed E-state index contributed by atoms with van der Waals surface area (Å²) in [5.74, 6) is 0.0914. The summed E-state index contributed by atoms with van der Waals surface area (Å²) < 4.78 is 19.5. The predicted octanol–water partition coefficient (Wildman–Crippen LogP) is 2.93. The van der Waals surface area contributed by atoms with E-state index in [-0.39, 0.29) is 23.8 Å². The molecule has 0 atom stereocenters. The Morgan fingerprint density at radius 2 is 1.75 bits per heavy atom. The number of benzene rings is 2. The third-order valence-electron chi connectivity index (χ3n) is 4.84. The van der Waals surface area contributed by atoms with E-state index in [0.717, 1.165) is 11.3 Å². The molecule has 0 radical (unpaired) electrons. The Hall–Kier alpha value is -2.73. The van der Waals surface area contributed by atoms with Crippen molar-refractivity contribution in [2.24, 2.45) is 0 Å². The molecule has 6 heteroatoms. The van der Waals surface area contributed by atoms with Gasteiger partial charge < -0.3 is 9.64 Å². The molecule has 0 aliphatic carbocycles. The third kappa shape index (κ3) is 5.39. The molecule has 2 aromatic carbocycles. The summed E-state index contributed by atoms with van der Waals surface area (Å²) in [7, 11) is 0. The zero-order valence-electron chi connectivity index (χ0n) is 16.1. The molecule has 2 aromatic rings. The monoisotopic (exact) mass is 384 g/mol. The SMILES string of the molecule is Cc1ccc(F)c(C(=O)CN2CCN(C(=O)CCOc3ccccc3)CC2)c1. The molecule has 0 bridgehead atoms. The molecule has 3 rings (SSSR count). The highest BCUT2D eigenvalue weighted by molar-refractivity contribution is 5.98. The first-order valence-electron chi connectivity index (χ1n) is 9.50. The van der Waals surface area contributed by atoms with E-state index in [4.69, 9.17) is 4.74 Å². The Kier molecular flexibility index (Phi) is 6.76. The van der Waals surface area contributed by atoms with E-state index in [2.05, 4.69) is 0 Å². The van der Waals surface area contributed by atoms with E-state index in [1.54, 1.807) is 17.0 Å². The van der Waals surface area contributed by atoms with Crippen LogP contribution in [-0.2, 0) is 4.79 Å². The molecule has 1 saturated heterocycles. The maximum absolute atomic E-state index is 13.9. The fraction of sp³-hybridized carbons (Fsp3) is 0.364. The van der Waals surface area contributed by atoms with Gasteiger partial charge in [-0.3, -0.25) is 14.5 Å². The number of amides is 1. The summed E-state index contributed by atoms with van der Waals surface area (Å²) in [6, 6.07) is 14.0. The van der Waals surface area contributed by atoms with Crippen LogP contribution in [0.4, 0.5) is 4.39 Å². The number of nitrogens with zero attached hydrogens (tertiary/aromatic N) is 2. The largest absolute Gasteiger partial charge is 0.493 e. The second-order valence-electron chi connectivity index (χ2n) is 6.97. The lowest BCUT2D eigenvalue weighted by molar-refractivity contribution is -0.133. The minimum atomic E-state index is -0.483. The zero-order chi connectivity index (χ0) is 19.9. The lowest BCUT2D eigenvalue weighted by Crippen LogP contribution is -2.50. The van der Waals surface area contributed by atoms with Gasteiger partial charge in [-0.1, -0.05) is 29.8 Å². The minimum Gasteiger partial charge on any atom is -0.493 e. The normalized spacial score (nSPS) is 14.7. The molecule has 28 heavy (non-hydrogen) atoms. The number of carbonyl (C=O) groups is 2. The smallest absolute Gasteiger partial charge is 0.226 e. The molecular weight excluding hydrogens is 359 g/mol. The van der Waals surface area contributed by atoms with E-state index in [1.807, 2.05) is 42.2 Å². The highest BCUT2D eigenvalue weighted by Gasteiger charge is 2.23. The number of piperazine rings is 1. The molecule has 0 unspecified atom stereocenters. The average molecular weight is 384 g/mol. The number of ketones is 1. The van der Waals surface area contributed by atoms with E-state index >= 15 is 0 Å². The summed E-state index contributed by atoms with van der Waals surface area (Å²) in [4.78, 5) is 28.5. The maximum Gasteiger partial charge on any atom is 0.226 e. The van der Waals surface area contributed by atoms with Gasteiger partial charge in [0.05, 0.1) is 25.1 Å². The maximum atomic E-state index is 13.9. The van der Waals surface area contributed by atoms with Gasteiger partial charge in [0, 0.05) is 26.2 Å². The second-order valence-corrected chi connectivity index (χ2v) is 6.97. The van der Waals surface area contributed by atoms with Gasteiger partial charge in [-0.25, -0.2) is 4.39 Å². The minimum absolute atomic E-state index is 0.0478. The van der Waals surface area contributed by atoms with Crippen LogP contribution in [0.15, 0.2) is 48.5 Å². The van der Waals surface area contributed by atoms with Gasteiger partial charge >= 0.3 is 0 Å². The molecular formula is C22H25FN2O3. The van der Waals surface area contributed by atoms with Crippen molar-refractivity contribution in [3.63, 3.8) is 0 Å². The summed E-state index contributed by atoms with van der Waals surface area (Å²) >= 11 is 0. The number of hydrogen-bond acceptors (Lipinski definition) is 4. The van der Waals surface area contributed by atoms with Gasteiger partial charge in [-0.05, 0) is 31.2 Å². The topological polar surface area (TPSA) is 49.9 Å². The molecule has 0 spiro atoms. The molecule has 0 saturated carbocycles. The fourth-order valence-corrected chi connectivity index (χ4v) is 3.23. The van der Waals surface area contributed by atoms with E-state index in [1.165, 1.54) is 6.07 Å². The van der Waals surface area contributed by atoms with Crippen molar-refractivity contribution in [1.82, 2.24) is 9.80 Å². The van der Waals surface area contributed by atoms with E-state index in [9.17, 15) is 14.0 Å². The highest BCUT2D eigenvalue weighted by Crippen LogP contribution is 2.13. The van der Waals surface area contributed by atoms with Crippen LogP contribution >= 0.6 is 0 Å². The third-order valence-corrected chi connectivity index (χ3v) is 4.84. The van der Waals surface area contributed by atoms with Crippen molar-refractivity contribution in [1.29, 1.82) is 0 Å². The first-order valence-corrected chi connectivity index (χ1v) is 9.50. The van der Waals surface area contributed by atoms with Gasteiger partial charge in [-0.2, -0.15) is 0 Å². The van der Waals surface area contributed by atoms with Crippen LogP contribution in [0.2, 0.25) is 0 Å². The summed E-state index contributed by atoms with van der Waals surface area (Å²) in [5.41, 5.74) is 0.995. The fourth-order valence-electron chi connectivity index (χ4n) is 3.23. The van der Waals surface area contributed by atoms with Crippen molar-refractivity contribution in [3.8, 4) is 5.75 Å². The number of halogens is 1. The number of para-hydroxylation sites is 1. The number of hydrogen-bond donors (Lipinski definition) is 0. The van der Waals surface area contributed by atoms with Crippen molar-refractivity contribution < 1.29 is 18.7 Å². The summed E-state index contributed by atoms with van der Waals surface area (Å²) in [6.07, 6.45) is 0.322. The zero-order valence-corrected chi connectivity index (χ0v) is 16.1. The van der Waals surface area contributed by atoms with Gasteiger partial charge in [0.2, 0.25) is 5.91 Å². The van der Waals surface area contributed by atoms with Crippen LogP contribution in [-0.4, -0.2) is 60.8 Å².